The number of aliphatic carboxylic acids is 1. The Kier molecular flexibility index (Phi) is 9.71. The topological polar surface area (TPSA) is 96.2 Å². The van der Waals surface area contributed by atoms with E-state index in [1.807, 2.05) is 6.92 Å². The molecule has 5 saturated carbocycles. The van der Waals surface area contributed by atoms with Crippen LogP contribution in [0.15, 0.2) is 24.3 Å². The van der Waals surface area contributed by atoms with Gasteiger partial charge in [-0.05, 0) is 135 Å². The summed E-state index contributed by atoms with van der Waals surface area (Å²) in [6.07, 6.45) is 16.5. The van der Waals surface area contributed by atoms with Gasteiger partial charge in [0.1, 0.15) is 0 Å². The van der Waals surface area contributed by atoms with Crippen molar-refractivity contribution in [3.8, 4) is 0 Å². The number of carboxylic acid groups (broad SMARTS) is 1. The normalized spacial score (nSPS) is 48.6. The van der Waals surface area contributed by atoms with Crippen molar-refractivity contribution in [3.63, 3.8) is 0 Å². The molecule has 1 unspecified atom stereocenters. The zero-order chi connectivity index (χ0) is 36.7. The van der Waals surface area contributed by atoms with Crippen LogP contribution in [0.1, 0.15) is 149 Å². The molecular formula is C45H70O6. The second-order valence-electron chi connectivity index (χ2n) is 20.1. The number of methoxy groups -OCH3 is 1. The predicted molar refractivity (Wildman–Crippen MR) is 201 cm³/mol. The van der Waals surface area contributed by atoms with Crippen LogP contribution in [0.4, 0.5) is 0 Å². The van der Waals surface area contributed by atoms with Crippen molar-refractivity contribution in [3.05, 3.63) is 35.4 Å². The fourth-order valence-corrected chi connectivity index (χ4v) is 15.0. The van der Waals surface area contributed by atoms with E-state index >= 15 is 0 Å². The summed E-state index contributed by atoms with van der Waals surface area (Å²) < 4.78 is 12.1. The van der Waals surface area contributed by atoms with E-state index in [0.29, 0.717) is 18.4 Å². The number of carbonyl (C=O) groups is 1. The van der Waals surface area contributed by atoms with Gasteiger partial charge >= 0.3 is 5.97 Å². The highest BCUT2D eigenvalue weighted by Gasteiger charge is 2.78. The van der Waals surface area contributed by atoms with Crippen molar-refractivity contribution in [2.45, 2.75) is 169 Å². The van der Waals surface area contributed by atoms with Crippen molar-refractivity contribution in [2.75, 3.05) is 13.7 Å². The number of rotatable bonds is 11. The molecule has 6 nitrogen and oxygen atoms in total. The summed E-state index contributed by atoms with van der Waals surface area (Å²) >= 11 is 0. The molecule has 1 heterocycles. The second-order valence-corrected chi connectivity index (χ2v) is 20.1. The Balaban J connectivity index is 1.26. The maximum Gasteiger partial charge on any atom is 0.309 e. The van der Waals surface area contributed by atoms with E-state index in [4.69, 9.17) is 9.47 Å². The molecule has 5 aliphatic carbocycles. The molecule has 0 radical (unpaired) electrons. The minimum Gasteiger partial charge on any atom is -0.481 e. The van der Waals surface area contributed by atoms with Gasteiger partial charge in [0, 0.05) is 24.9 Å². The molecule has 1 aromatic rings. The highest BCUT2D eigenvalue weighted by atomic mass is 16.6. The third-order valence-corrected chi connectivity index (χ3v) is 17.9. The van der Waals surface area contributed by atoms with Crippen LogP contribution in [-0.2, 0) is 27.1 Å². The van der Waals surface area contributed by atoms with E-state index in [2.05, 4.69) is 58.9 Å². The van der Waals surface area contributed by atoms with Gasteiger partial charge in [0.05, 0.1) is 24.2 Å². The number of hydrogen-bond donors (Lipinski definition) is 3. The van der Waals surface area contributed by atoms with E-state index in [9.17, 15) is 20.1 Å². The van der Waals surface area contributed by atoms with Crippen LogP contribution in [0.3, 0.4) is 0 Å². The molecule has 13 atom stereocenters. The summed E-state index contributed by atoms with van der Waals surface area (Å²) in [5.41, 5.74) is 1.78. The first kappa shape index (κ1) is 37.8. The summed E-state index contributed by atoms with van der Waals surface area (Å²) in [5.74, 6) is -1.08. The van der Waals surface area contributed by atoms with Gasteiger partial charge in [0.25, 0.3) is 0 Å². The van der Waals surface area contributed by atoms with Crippen LogP contribution in [0.25, 0.3) is 0 Å². The molecule has 2 bridgehead atoms. The molecule has 6 heteroatoms. The molecule has 6 aliphatic rings. The molecule has 1 aliphatic heterocycles. The molecule has 6 fully saturated rings. The molecule has 51 heavy (non-hydrogen) atoms. The lowest BCUT2D eigenvalue weighted by Gasteiger charge is -2.76. The maximum atomic E-state index is 12.9. The lowest BCUT2D eigenvalue weighted by Crippen LogP contribution is -2.71. The van der Waals surface area contributed by atoms with E-state index < -0.39 is 23.3 Å². The van der Waals surface area contributed by atoms with Crippen molar-refractivity contribution in [2.24, 2.45) is 56.2 Å². The van der Waals surface area contributed by atoms with Crippen LogP contribution in [0, 0.1) is 56.2 Å². The van der Waals surface area contributed by atoms with Crippen LogP contribution < -0.4 is 0 Å². The third kappa shape index (κ3) is 5.48. The molecule has 0 amide bonds. The lowest BCUT2D eigenvalue weighted by molar-refractivity contribution is -0.291. The largest absolute Gasteiger partial charge is 0.481 e. The fraction of sp³-hybridized carbons (Fsp3) is 0.844. The van der Waals surface area contributed by atoms with Gasteiger partial charge in [-0.3, -0.25) is 4.79 Å². The third-order valence-electron chi connectivity index (χ3n) is 17.9. The number of aliphatic hydroxyl groups is 2. The maximum absolute atomic E-state index is 12.9. The van der Waals surface area contributed by atoms with Crippen LogP contribution in [0.2, 0.25) is 0 Å². The summed E-state index contributed by atoms with van der Waals surface area (Å²) in [5, 5.41) is 35.0. The Labute approximate surface area is 308 Å². The highest BCUT2D eigenvalue weighted by molar-refractivity contribution is 5.74. The van der Waals surface area contributed by atoms with Crippen molar-refractivity contribution >= 4 is 5.97 Å². The van der Waals surface area contributed by atoms with Gasteiger partial charge in [0.2, 0.25) is 0 Å². The average Bonchev–Trinajstić information content (AvgIpc) is 3.20. The molecule has 1 saturated heterocycles. The first-order valence-electron chi connectivity index (χ1n) is 21.0. The number of unbranched alkanes of at least 4 members (excludes halogenated alkanes) is 3. The number of carboxylic acids is 1. The number of fused-ring (bicyclic) bond motifs is 7. The molecule has 0 aromatic heterocycles. The fourth-order valence-electron chi connectivity index (χ4n) is 15.0. The molecular weight excluding hydrogens is 636 g/mol. The summed E-state index contributed by atoms with van der Waals surface area (Å²) in [6, 6.07) is 8.86. The monoisotopic (exact) mass is 707 g/mol. The molecule has 7 rings (SSSR count). The second kappa shape index (κ2) is 13.1. The Morgan fingerprint density at radius 3 is 2.29 bits per heavy atom. The van der Waals surface area contributed by atoms with Gasteiger partial charge in [-0.1, -0.05) is 84.6 Å². The zero-order valence-electron chi connectivity index (χ0n) is 33.1. The van der Waals surface area contributed by atoms with Gasteiger partial charge in [0.15, 0.2) is 5.79 Å². The number of hydrogen-bond acceptors (Lipinski definition) is 5. The Hall–Kier alpha value is -1.47. The van der Waals surface area contributed by atoms with E-state index in [1.54, 1.807) is 7.11 Å². The quantitative estimate of drug-likeness (QED) is 0.199. The van der Waals surface area contributed by atoms with Gasteiger partial charge in [-0.25, -0.2) is 0 Å². The first-order chi connectivity index (χ1) is 24.1. The molecule has 3 N–H and O–H groups in total. The van der Waals surface area contributed by atoms with Crippen LogP contribution in [-0.4, -0.2) is 53.0 Å². The van der Waals surface area contributed by atoms with Gasteiger partial charge in [-0.15, -0.1) is 0 Å². The van der Waals surface area contributed by atoms with E-state index in [1.165, 1.54) is 56.1 Å². The van der Waals surface area contributed by atoms with Gasteiger partial charge in [-0.2, -0.15) is 0 Å². The molecule has 1 spiro atoms. The standard InChI is InChI=1S/C45H70O6/c1-8-9-10-11-18-43-25-23-41(5)34(42(43,6)24-22-39(3)20-21-40(4,38(47)48)29-35(39)43)16-19-44-30(2)45(49,28-33(46)37(41)44)51-36(44)27-32-14-12-31(13-15-32)17-26-50-7/h12-15,30,33-37,46,49H,8-11,16-29H2,1-7H3,(H,47,48)/t30-,33-,34+,35?,36-,37+,39+,40-,41+,42-,43+,44-,45+/m1/s1. The Morgan fingerprint density at radius 1 is 0.902 bits per heavy atom. The van der Waals surface area contributed by atoms with Crippen LogP contribution in [0.5, 0.6) is 0 Å². The Bertz CT molecular complexity index is 1440. The Morgan fingerprint density at radius 2 is 1.61 bits per heavy atom. The van der Waals surface area contributed by atoms with Crippen molar-refractivity contribution in [1.29, 1.82) is 0 Å². The first-order valence-corrected chi connectivity index (χ1v) is 21.0. The van der Waals surface area contributed by atoms with Crippen LogP contribution >= 0.6 is 0 Å². The molecule has 286 valence electrons. The predicted octanol–water partition coefficient (Wildman–Crippen LogP) is 9.37. The van der Waals surface area contributed by atoms with Crippen molar-refractivity contribution < 1.29 is 29.6 Å². The summed E-state index contributed by atoms with van der Waals surface area (Å²) in [6.45, 7) is 15.0. The minimum absolute atomic E-state index is 0.0476. The summed E-state index contributed by atoms with van der Waals surface area (Å²) in [7, 11) is 1.74. The smallest absolute Gasteiger partial charge is 0.309 e. The number of benzene rings is 1. The lowest BCUT2D eigenvalue weighted by atomic mass is 9.28. The zero-order valence-corrected chi connectivity index (χ0v) is 33.1. The van der Waals surface area contributed by atoms with E-state index in [0.717, 1.165) is 57.8 Å². The van der Waals surface area contributed by atoms with Gasteiger partial charge < -0.3 is 24.8 Å². The number of ether oxygens (including phenoxy) is 2. The molecule has 1 aromatic carbocycles. The van der Waals surface area contributed by atoms with E-state index in [-0.39, 0.29) is 51.4 Å². The minimum atomic E-state index is -1.31. The summed E-state index contributed by atoms with van der Waals surface area (Å²) in [4.78, 5) is 12.9. The average molecular weight is 707 g/mol. The van der Waals surface area contributed by atoms with Crippen molar-refractivity contribution in [1.82, 2.24) is 0 Å². The number of aliphatic hydroxyl groups excluding tert-OH is 1. The highest BCUT2D eigenvalue weighted by Crippen LogP contribution is 2.81. The SMILES string of the molecule is CCCCCC[C@@]12CC[C@]3(C)[C@@H]4[C@H](O)C[C@]5(O)O[C@H](Cc6ccc(CCOC)cc6)[C@@]4(CC[C@@H]3[C@@]1(C)CC[C@]1(C)CC[C@@](C)(C(=O)O)CC12)[C@H]5C.